The third kappa shape index (κ3) is 8.46. The van der Waals surface area contributed by atoms with Gasteiger partial charge in [0.2, 0.25) is 0 Å². The van der Waals surface area contributed by atoms with E-state index in [1.165, 1.54) is 7.11 Å². The highest BCUT2D eigenvalue weighted by Crippen LogP contribution is 2.35. The Labute approximate surface area is 288 Å². The van der Waals surface area contributed by atoms with E-state index in [1.54, 1.807) is 56.5 Å². The van der Waals surface area contributed by atoms with Crippen LogP contribution in [0.15, 0.2) is 56.7 Å². The minimum atomic E-state index is -4.19. The molecule has 0 saturated carbocycles. The number of hydrogen-bond donors (Lipinski definition) is 0. The van der Waals surface area contributed by atoms with Gasteiger partial charge in [-0.3, -0.25) is 14.2 Å². The van der Waals surface area contributed by atoms with Gasteiger partial charge in [0.15, 0.2) is 5.82 Å². The summed E-state index contributed by atoms with van der Waals surface area (Å²) < 4.78 is 52.9. The van der Waals surface area contributed by atoms with Crippen molar-refractivity contribution in [2.24, 2.45) is 0 Å². The van der Waals surface area contributed by atoms with Gasteiger partial charge in [-0.15, -0.1) is 0 Å². The zero-order chi connectivity index (χ0) is 35.7. The van der Waals surface area contributed by atoms with Crippen LogP contribution in [-0.2, 0) is 55.0 Å². The largest absolute Gasteiger partial charge is 0.466 e. The number of methoxy groups -OCH3 is 1. The molecule has 12 nitrogen and oxygen atoms in total. The number of nitrogens with zero attached hydrogens (tertiary/aromatic N) is 4. The molecule has 4 rings (SSSR count). The molecule has 49 heavy (non-hydrogen) atoms. The number of unbranched alkanes of at least 4 members (excludes halogenated alkanes) is 1. The van der Waals surface area contributed by atoms with Crippen molar-refractivity contribution < 1.29 is 31.9 Å². The average molecular weight is 695 g/mol. The quantitative estimate of drug-likeness (QED) is 0.100. The van der Waals surface area contributed by atoms with Crippen molar-refractivity contribution >= 4 is 21.8 Å². The Kier molecular flexibility index (Phi) is 12.9. The van der Waals surface area contributed by atoms with Crippen LogP contribution in [0.5, 0.6) is 0 Å². The summed E-state index contributed by atoms with van der Waals surface area (Å²) in [6.07, 6.45) is 2.21. The lowest BCUT2D eigenvalue weighted by molar-refractivity contribution is -0.142. The summed E-state index contributed by atoms with van der Waals surface area (Å²) in [7, 11) is -2.78. The molecule has 0 N–H and O–H groups in total. The maximum Gasteiger partial charge on any atom is 0.310 e. The van der Waals surface area contributed by atoms with Crippen molar-refractivity contribution in [3.05, 3.63) is 92.4 Å². The lowest BCUT2D eigenvalue weighted by atomic mass is 9.97. The maximum absolute atomic E-state index is 14.3. The number of carbonyl (C=O) groups is 1. The summed E-state index contributed by atoms with van der Waals surface area (Å²) in [6.45, 7) is 11.7. The second-order valence-corrected chi connectivity index (χ2v) is 13.5. The number of ether oxygens (including phenoxy) is 3. The topological polar surface area (TPSA) is 143 Å². The standard InChI is InChI=1S/C36H46N4O8S/c1-8-11-16-33-37-25(5)31(20-34(41)47-10-3)36(42)39(33)21-27-17-18-29(28(19-27)22-46-9-2)30-14-12-13-15-32(30)49(43,44)40(23-45-7)35-24(4)26(6)48-38-35/h12-15,17-19H,8-11,16,20-23H2,1-7H3. The Hall–Kier alpha value is -4.33. The molecule has 2 heterocycles. The number of carbonyl (C=O) groups excluding carboxylic acids is 1. The molecule has 0 aliphatic carbocycles. The number of rotatable bonds is 17. The average Bonchev–Trinajstić information content (AvgIpc) is 3.41. The lowest BCUT2D eigenvalue weighted by Crippen LogP contribution is -2.34. The van der Waals surface area contributed by atoms with Crippen molar-refractivity contribution in [3.8, 4) is 11.1 Å². The minimum Gasteiger partial charge on any atom is -0.466 e. The predicted octanol–water partition coefficient (Wildman–Crippen LogP) is 5.66. The number of benzene rings is 2. The van der Waals surface area contributed by atoms with Crippen molar-refractivity contribution in [3.63, 3.8) is 0 Å². The molecule has 0 unspecified atom stereocenters. The molecule has 0 aliphatic rings. The van der Waals surface area contributed by atoms with E-state index in [2.05, 4.69) is 12.1 Å². The zero-order valence-electron chi connectivity index (χ0n) is 29.4. The van der Waals surface area contributed by atoms with E-state index < -0.39 is 16.0 Å². The van der Waals surface area contributed by atoms with Crippen molar-refractivity contribution in [2.75, 3.05) is 31.4 Å². The van der Waals surface area contributed by atoms with Crippen LogP contribution in [0.4, 0.5) is 5.82 Å². The summed E-state index contributed by atoms with van der Waals surface area (Å²) in [5.74, 6) is 0.813. The van der Waals surface area contributed by atoms with Gasteiger partial charge in [-0.05, 0) is 63.8 Å². The fourth-order valence-electron chi connectivity index (χ4n) is 5.56. The number of anilines is 1. The molecule has 0 spiro atoms. The van der Waals surface area contributed by atoms with E-state index >= 15 is 0 Å². The van der Waals surface area contributed by atoms with Crippen LogP contribution in [0.3, 0.4) is 0 Å². The minimum absolute atomic E-state index is 0.0574. The van der Waals surface area contributed by atoms with Gasteiger partial charge in [0.25, 0.3) is 15.6 Å². The number of aromatic nitrogens is 3. The molecule has 0 atom stereocenters. The number of sulfonamides is 1. The first-order valence-corrected chi connectivity index (χ1v) is 17.9. The van der Waals surface area contributed by atoms with Gasteiger partial charge in [0.1, 0.15) is 18.3 Å². The zero-order valence-corrected chi connectivity index (χ0v) is 30.2. The highest BCUT2D eigenvalue weighted by molar-refractivity contribution is 7.93. The molecular weight excluding hydrogens is 648 g/mol. The maximum atomic E-state index is 14.3. The van der Waals surface area contributed by atoms with Gasteiger partial charge >= 0.3 is 5.97 Å². The van der Waals surface area contributed by atoms with Crippen LogP contribution >= 0.6 is 0 Å². The summed E-state index contributed by atoms with van der Waals surface area (Å²) in [5, 5.41) is 4.02. The first-order chi connectivity index (χ1) is 23.5. The molecule has 2 aromatic heterocycles. The van der Waals surface area contributed by atoms with Crippen LogP contribution in [0.25, 0.3) is 11.1 Å². The van der Waals surface area contributed by atoms with Gasteiger partial charge in [-0.1, -0.05) is 54.9 Å². The first kappa shape index (κ1) is 37.5. The summed E-state index contributed by atoms with van der Waals surface area (Å²) >= 11 is 0. The summed E-state index contributed by atoms with van der Waals surface area (Å²) in [4.78, 5) is 31.1. The molecule has 4 aromatic rings. The molecule has 0 aliphatic heterocycles. The molecule has 0 radical (unpaired) electrons. The smallest absolute Gasteiger partial charge is 0.310 e. The lowest BCUT2D eigenvalue weighted by Gasteiger charge is -2.24. The van der Waals surface area contributed by atoms with E-state index in [4.69, 9.17) is 23.7 Å². The summed E-state index contributed by atoms with van der Waals surface area (Å²) in [6, 6.07) is 12.4. The van der Waals surface area contributed by atoms with E-state index in [0.717, 1.165) is 28.3 Å². The second kappa shape index (κ2) is 16.9. The normalized spacial score (nSPS) is 11.6. The monoisotopic (exact) mass is 694 g/mol. The van der Waals surface area contributed by atoms with E-state index in [1.807, 2.05) is 25.1 Å². The van der Waals surface area contributed by atoms with Crippen LogP contribution in [0, 0.1) is 20.8 Å². The van der Waals surface area contributed by atoms with Crippen molar-refractivity contribution in [1.82, 2.24) is 14.7 Å². The Morgan fingerprint density at radius 1 is 1.02 bits per heavy atom. The highest BCUT2D eigenvalue weighted by atomic mass is 32.2. The van der Waals surface area contributed by atoms with Gasteiger partial charge < -0.3 is 18.7 Å². The van der Waals surface area contributed by atoms with Crippen molar-refractivity contribution in [2.45, 2.75) is 85.3 Å². The Bertz CT molecular complexity index is 1930. The second-order valence-electron chi connectivity index (χ2n) is 11.7. The van der Waals surface area contributed by atoms with Gasteiger partial charge in [-0.2, -0.15) is 0 Å². The Balaban J connectivity index is 1.83. The SMILES string of the molecule is CCCCc1nc(C)c(CC(=O)OCC)c(=O)n1Cc1ccc(-c2ccccc2S(=O)(=O)N(COC)c2noc(C)c2C)c(COCC)c1. The molecule has 13 heteroatoms. The highest BCUT2D eigenvalue weighted by Gasteiger charge is 2.32. The fraction of sp³-hybridized carbons (Fsp3) is 0.444. The third-order valence-electron chi connectivity index (χ3n) is 8.26. The van der Waals surface area contributed by atoms with Gasteiger partial charge in [0, 0.05) is 42.5 Å². The molecule has 264 valence electrons. The molecular formula is C36H46N4O8S. The van der Waals surface area contributed by atoms with E-state index in [9.17, 15) is 18.0 Å². The summed E-state index contributed by atoms with van der Waals surface area (Å²) in [5.41, 5.74) is 3.79. The number of hydrogen-bond acceptors (Lipinski definition) is 10. The number of aryl methyl sites for hydroxylation is 3. The predicted molar refractivity (Wildman–Crippen MR) is 186 cm³/mol. The van der Waals surface area contributed by atoms with Crippen LogP contribution in [-0.4, -0.2) is 56.1 Å². The van der Waals surface area contributed by atoms with Crippen molar-refractivity contribution in [1.29, 1.82) is 0 Å². The number of esters is 1. The molecule has 0 fully saturated rings. The third-order valence-corrected chi connectivity index (χ3v) is 10.0. The van der Waals surface area contributed by atoms with E-state index in [0.29, 0.717) is 52.6 Å². The molecule has 0 amide bonds. The fourth-order valence-corrected chi connectivity index (χ4v) is 7.15. The Morgan fingerprint density at radius 3 is 2.43 bits per heavy atom. The van der Waals surface area contributed by atoms with Gasteiger partial charge in [0.05, 0.1) is 31.1 Å². The van der Waals surface area contributed by atoms with Crippen LogP contribution in [0.1, 0.15) is 73.1 Å². The molecule has 0 saturated heterocycles. The van der Waals surface area contributed by atoms with Gasteiger partial charge in [-0.25, -0.2) is 17.7 Å². The Morgan fingerprint density at radius 2 is 1.78 bits per heavy atom. The molecule has 0 bridgehead atoms. The van der Waals surface area contributed by atoms with Crippen LogP contribution < -0.4 is 9.86 Å². The molecule has 2 aromatic carbocycles. The van der Waals surface area contributed by atoms with E-state index in [-0.39, 0.29) is 49.2 Å². The first-order valence-electron chi connectivity index (χ1n) is 16.5. The van der Waals surface area contributed by atoms with Crippen LogP contribution in [0.2, 0.25) is 0 Å².